The second-order valence-corrected chi connectivity index (χ2v) is 8.87. The van der Waals surface area contributed by atoms with Crippen LogP contribution in [0.5, 0.6) is 0 Å². The molecule has 0 saturated heterocycles. The van der Waals surface area contributed by atoms with Gasteiger partial charge in [0.15, 0.2) is 0 Å². The fourth-order valence-corrected chi connectivity index (χ4v) is 4.29. The summed E-state index contributed by atoms with van der Waals surface area (Å²) in [4.78, 5) is 17.4. The summed E-state index contributed by atoms with van der Waals surface area (Å²) in [7, 11) is -1.22. The summed E-state index contributed by atoms with van der Waals surface area (Å²) in [5, 5.41) is 3.04. The van der Waals surface area contributed by atoms with Crippen LogP contribution in [-0.2, 0) is 14.9 Å². The van der Waals surface area contributed by atoms with E-state index in [-0.39, 0.29) is 16.8 Å². The van der Waals surface area contributed by atoms with E-state index in [1.807, 2.05) is 0 Å². The van der Waals surface area contributed by atoms with E-state index in [1.54, 1.807) is 6.07 Å². The van der Waals surface area contributed by atoms with E-state index in [0.717, 1.165) is 23.7 Å². The lowest BCUT2D eigenvalue weighted by Gasteiger charge is -2.29. The molecule has 6 nitrogen and oxygen atoms in total. The predicted molar refractivity (Wildman–Crippen MR) is 95.0 cm³/mol. The Balaban J connectivity index is 2.26. The Labute approximate surface area is 151 Å². The smallest absolute Gasteiger partial charge is 0.264 e. The molecule has 1 N–H and O–H groups in total. The molecule has 24 heavy (non-hydrogen) atoms. The third kappa shape index (κ3) is 4.17. The minimum atomic E-state index is -3.80. The zero-order chi connectivity index (χ0) is 17.9. The monoisotopic (exact) mass is 418 g/mol. The lowest BCUT2D eigenvalue weighted by Crippen LogP contribution is -2.41. The van der Waals surface area contributed by atoms with E-state index in [4.69, 9.17) is 4.84 Å². The highest BCUT2D eigenvalue weighted by atomic mass is 79.9. The molecule has 2 atom stereocenters. The number of hydroxylamine groups is 1. The zero-order valence-corrected chi connectivity index (χ0v) is 16.5. The minimum absolute atomic E-state index is 0.0110. The van der Waals surface area contributed by atoms with E-state index < -0.39 is 10.0 Å². The molecule has 2 rings (SSSR count). The van der Waals surface area contributed by atoms with Crippen LogP contribution in [0.1, 0.15) is 43.0 Å². The second-order valence-electron chi connectivity index (χ2n) is 6.08. The first-order chi connectivity index (χ1) is 11.3. The average molecular weight is 419 g/mol. The summed E-state index contributed by atoms with van der Waals surface area (Å²) in [5.74, 6) is 0.158. The Hall–Kier alpha value is -0.960. The van der Waals surface area contributed by atoms with Gasteiger partial charge in [0.2, 0.25) is 0 Å². The second kappa shape index (κ2) is 7.95. The molecular formula is C16H23BrN2O4S. The van der Waals surface area contributed by atoms with Crippen molar-refractivity contribution in [2.45, 2.75) is 43.5 Å². The Kier molecular flexibility index (Phi) is 6.41. The lowest BCUT2D eigenvalue weighted by atomic mass is 9.86. The van der Waals surface area contributed by atoms with Gasteiger partial charge in [0.05, 0.1) is 17.6 Å². The van der Waals surface area contributed by atoms with Crippen molar-refractivity contribution < 1.29 is 18.0 Å². The molecule has 1 fully saturated rings. The molecule has 8 heteroatoms. The van der Waals surface area contributed by atoms with Gasteiger partial charge in [-0.25, -0.2) is 8.42 Å². The zero-order valence-electron chi connectivity index (χ0n) is 14.1. The van der Waals surface area contributed by atoms with Gasteiger partial charge >= 0.3 is 0 Å². The molecule has 1 aliphatic carbocycles. The SMILES string of the molecule is CON(C)S(=O)(=O)c1ccc(Br)c(C(=O)NC2CCCCC2C)c1. The maximum absolute atomic E-state index is 12.6. The number of carbonyl (C=O) groups is 1. The van der Waals surface area contributed by atoms with Crippen molar-refractivity contribution in [2.75, 3.05) is 14.2 Å². The van der Waals surface area contributed by atoms with Crippen LogP contribution in [0.2, 0.25) is 0 Å². The number of benzene rings is 1. The first-order valence-electron chi connectivity index (χ1n) is 7.91. The Morgan fingerprint density at radius 1 is 1.33 bits per heavy atom. The van der Waals surface area contributed by atoms with Crippen LogP contribution < -0.4 is 5.32 Å². The number of carbonyl (C=O) groups excluding carboxylic acids is 1. The van der Waals surface area contributed by atoms with E-state index >= 15 is 0 Å². The summed E-state index contributed by atoms with van der Waals surface area (Å²) in [6.45, 7) is 2.13. The molecule has 134 valence electrons. The number of halogens is 1. The van der Waals surface area contributed by atoms with Gasteiger partial charge in [0, 0.05) is 17.6 Å². The highest BCUT2D eigenvalue weighted by Gasteiger charge is 2.26. The quantitative estimate of drug-likeness (QED) is 0.745. The largest absolute Gasteiger partial charge is 0.349 e. The van der Waals surface area contributed by atoms with Crippen LogP contribution in [0.25, 0.3) is 0 Å². The molecule has 0 heterocycles. The van der Waals surface area contributed by atoms with Crippen LogP contribution in [-0.4, -0.2) is 39.0 Å². The van der Waals surface area contributed by atoms with Gasteiger partial charge in [-0.15, -0.1) is 0 Å². The van der Waals surface area contributed by atoms with Crippen LogP contribution >= 0.6 is 15.9 Å². The van der Waals surface area contributed by atoms with Crippen molar-refractivity contribution in [1.29, 1.82) is 0 Å². The number of nitrogens with zero attached hydrogens (tertiary/aromatic N) is 1. The summed E-state index contributed by atoms with van der Waals surface area (Å²) < 4.78 is 26.0. The summed E-state index contributed by atoms with van der Waals surface area (Å²) in [6.07, 6.45) is 4.34. The Morgan fingerprint density at radius 2 is 2.00 bits per heavy atom. The van der Waals surface area contributed by atoms with Crippen molar-refractivity contribution in [3.63, 3.8) is 0 Å². The number of hydrogen-bond donors (Lipinski definition) is 1. The van der Waals surface area contributed by atoms with Crippen molar-refractivity contribution in [2.24, 2.45) is 5.92 Å². The summed E-state index contributed by atoms with van der Waals surface area (Å²) in [6, 6.07) is 4.50. The van der Waals surface area contributed by atoms with Gasteiger partial charge in [0.1, 0.15) is 0 Å². The van der Waals surface area contributed by atoms with Gasteiger partial charge in [-0.1, -0.05) is 24.2 Å². The van der Waals surface area contributed by atoms with Crippen LogP contribution in [0.3, 0.4) is 0 Å². The van der Waals surface area contributed by atoms with Gasteiger partial charge in [-0.2, -0.15) is 0 Å². The number of rotatable bonds is 5. The predicted octanol–water partition coefficient (Wildman–Crippen LogP) is 2.94. The fourth-order valence-electron chi connectivity index (χ4n) is 2.86. The van der Waals surface area contributed by atoms with E-state index in [0.29, 0.717) is 16.0 Å². The van der Waals surface area contributed by atoms with Gasteiger partial charge in [-0.05, 0) is 52.9 Å². The number of sulfonamides is 1. The van der Waals surface area contributed by atoms with Crippen molar-refractivity contribution in [3.8, 4) is 0 Å². The molecule has 0 aromatic heterocycles. The number of hydrogen-bond acceptors (Lipinski definition) is 4. The standard InChI is InChI=1S/C16H23BrN2O4S/c1-11-6-4-5-7-15(11)18-16(20)13-10-12(8-9-14(13)17)24(21,22)19(2)23-3/h8-11,15H,4-7H2,1-3H3,(H,18,20). The van der Waals surface area contributed by atoms with E-state index in [9.17, 15) is 13.2 Å². The Bertz CT molecular complexity index is 708. The van der Waals surface area contributed by atoms with Crippen LogP contribution in [0.15, 0.2) is 27.6 Å². The average Bonchev–Trinajstić information content (AvgIpc) is 2.56. The Morgan fingerprint density at radius 3 is 2.62 bits per heavy atom. The topological polar surface area (TPSA) is 75.7 Å². The molecule has 1 amide bonds. The molecular weight excluding hydrogens is 396 g/mol. The van der Waals surface area contributed by atoms with E-state index in [2.05, 4.69) is 28.2 Å². The number of nitrogens with one attached hydrogen (secondary N) is 1. The molecule has 2 unspecified atom stereocenters. The molecule has 0 spiro atoms. The normalized spacial score (nSPS) is 21.7. The van der Waals surface area contributed by atoms with Gasteiger partial charge in [0.25, 0.3) is 15.9 Å². The van der Waals surface area contributed by atoms with Gasteiger partial charge in [-0.3, -0.25) is 9.63 Å². The molecule has 0 radical (unpaired) electrons. The van der Waals surface area contributed by atoms with E-state index in [1.165, 1.54) is 32.7 Å². The molecule has 0 aliphatic heterocycles. The van der Waals surface area contributed by atoms with Crippen LogP contribution in [0, 0.1) is 5.92 Å². The van der Waals surface area contributed by atoms with Crippen molar-refractivity contribution in [1.82, 2.24) is 9.79 Å². The van der Waals surface area contributed by atoms with Crippen molar-refractivity contribution in [3.05, 3.63) is 28.2 Å². The van der Waals surface area contributed by atoms with Gasteiger partial charge < -0.3 is 5.32 Å². The highest BCUT2D eigenvalue weighted by Crippen LogP contribution is 2.26. The third-order valence-electron chi connectivity index (χ3n) is 4.50. The maximum Gasteiger partial charge on any atom is 0.264 e. The maximum atomic E-state index is 12.6. The number of amides is 1. The molecule has 1 aromatic rings. The summed E-state index contributed by atoms with van der Waals surface area (Å²) >= 11 is 3.33. The minimum Gasteiger partial charge on any atom is -0.349 e. The fraction of sp³-hybridized carbons (Fsp3) is 0.562. The highest BCUT2D eigenvalue weighted by molar-refractivity contribution is 9.10. The first-order valence-corrected chi connectivity index (χ1v) is 10.1. The molecule has 1 aliphatic rings. The molecule has 1 saturated carbocycles. The lowest BCUT2D eigenvalue weighted by molar-refractivity contribution is -0.0258. The van der Waals surface area contributed by atoms with Crippen LogP contribution in [0.4, 0.5) is 0 Å². The first kappa shape index (κ1) is 19.4. The molecule has 0 bridgehead atoms. The van der Waals surface area contributed by atoms with Crippen molar-refractivity contribution >= 4 is 31.9 Å². The summed E-state index contributed by atoms with van der Waals surface area (Å²) in [5.41, 5.74) is 0.304. The third-order valence-corrected chi connectivity index (χ3v) is 6.87. The molecule has 1 aromatic carbocycles.